The first-order valence-corrected chi connectivity index (χ1v) is 10.1. The first-order valence-electron chi connectivity index (χ1n) is 10.1. The van der Waals surface area contributed by atoms with Gasteiger partial charge in [0.05, 0.1) is 5.69 Å². The molecule has 0 N–H and O–H groups in total. The molecule has 144 valence electrons. The van der Waals surface area contributed by atoms with E-state index in [2.05, 4.69) is 57.0 Å². The maximum atomic E-state index is 12.8. The number of piperidine rings is 1. The predicted molar refractivity (Wildman–Crippen MR) is 109 cm³/mol. The lowest BCUT2D eigenvalue weighted by Gasteiger charge is -2.47. The highest BCUT2D eigenvalue weighted by molar-refractivity contribution is 5.22. The molecule has 28 heavy (non-hydrogen) atoms. The third kappa shape index (κ3) is 3.20. The van der Waals surface area contributed by atoms with Gasteiger partial charge in [-0.2, -0.15) is 5.10 Å². The highest BCUT2D eigenvalue weighted by Gasteiger charge is 2.40. The average Bonchev–Trinajstić information content (AvgIpc) is 3.11. The van der Waals surface area contributed by atoms with Crippen molar-refractivity contribution < 1.29 is 0 Å². The molecule has 5 nitrogen and oxygen atoms in total. The van der Waals surface area contributed by atoms with E-state index in [4.69, 9.17) is 0 Å². The van der Waals surface area contributed by atoms with Gasteiger partial charge in [-0.15, -0.1) is 0 Å². The van der Waals surface area contributed by atoms with E-state index in [9.17, 15) is 4.79 Å². The Morgan fingerprint density at radius 1 is 1.04 bits per heavy atom. The Balaban J connectivity index is 1.48. The first-order chi connectivity index (χ1) is 13.7. The second-order valence-electron chi connectivity index (χ2n) is 8.28. The first kappa shape index (κ1) is 17.4. The number of nitrogens with zero attached hydrogens (tertiary/aromatic N) is 4. The fraction of sp³-hybridized carbons (Fsp3) is 0.391. The SMILES string of the molecule is Cn1ccc(CN2C[C@H]3C[C@@H](C2)[C@H](Cc2ccccc2)n2c3cccc2=O)n1. The molecule has 4 heterocycles. The summed E-state index contributed by atoms with van der Waals surface area (Å²) in [6.07, 6.45) is 4.08. The summed E-state index contributed by atoms with van der Waals surface area (Å²) in [6.45, 7) is 2.89. The third-order valence-electron chi connectivity index (χ3n) is 6.32. The predicted octanol–water partition coefficient (Wildman–Crippen LogP) is 2.98. The van der Waals surface area contributed by atoms with Crippen molar-refractivity contribution in [2.75, 3.05) is 13.1 Å². The number of pyridine rings is 1. The highest BCUT2D eigenvalue weighted by Crippen LogP contribution is 2.42. The summed E-state index contributed by atoms with van der Waals surface area (Å²) in [7, 11) is 1.97. The molecule has 1 saturated heterocycles. The Labute approximate surface area is 165 Å². The van der Waals surface area contributed by atoms with E-state index in [1.165, 1.54) is 17.7 Å². The summed E-state index contributed by atoms with van der Waals surface area (Å²) in [4.78, 5) is 15.3. The van der Waals surface area contributed by atoms with Crippen molar-refractivity contribution in [3.05, 3.63) is 88.1 Å². The van der Waals surface area contributed by atoms with Crippen LogP contribution in [0.5, 0.6) is 0 Å². The van der Waals surface area contributed by atoms with Gasteiger partial charge >= 0.3 is 0 Å². The van der Waals surface area contributed by atoms with Crippen molar-refractivity contribution in [1.82, 2.24) is 19.2 Å². The van der Waals surface area contributed by atoms with Gasteiger partial charge in [0, 0.05) is 56.6 Å². The fourth-order valence-electron chi connectivity index (χ4n) is 5.16. The summed E-state index contributed by atoms with van der Waals surface area (Å²) in [5.74, 6) is 0.902. The molecule has 2 bridgehead atoms. The van der Waals surface area contributed by atoms with Gasteiger partial charge in [-0.1, -0.05) is 36.4 Å². The molecule has 0 amide bonds. The lowest BCUT2D eigenvalue weighted by molar-refractivity contribution is 0.0843. The van der Waals surface area contributed by atoms with E-state index in [-0.39, 0.29) is 11.6 Å². The Hall–Kier alpha value is -2.66. The van der Waals surface area contributed by atoms with E-state index in [1.54, 1.807) is 6.07 Å². The number of aromatic nitrogens is 3. The Bertz CT molecular complexity index is 1020. The lowest BCUT2D eigenvalue weighted by atomic mass is 9.76. The molecule has 1 fully saturated rings. The van der Waals surface area contributed by atoms with Crippen LogP contribution < -0.4 is 5.56 Å². The van der Waals surface area contributed by atoms with Crippen molar-refractivity contribution >= 4 is 0 Å². The van der Waals surface area contributed by atoms with E-state index in [0.29, 0.717) is 11.8 Å². The maximum absolute atomic E-state index is 12.8. The topological polar surface area (TPSA) is 43.1 Å². The van der Waals surface area contributed by atoms with Crippen LogP contribution in [0.2, 0.25) is 0 Å². The molecule has 0 saturated carbocycles. The molecule has 2 aromatic heterocycles. The van der Waals surface area contributed by atoms with Gasteiger partial charge in [0.1, 0.15) is 0 Å². The summed E-state index contributed by atoms with van der Waals surface area (Å²) < 4.78 is 3.97. The summed E-state index contributed by atoms with van der Waals surface area (Å²) in [6, 6.07) is 18.7. The molecule has 0 aliphatic carbocycles. The molecule has 3 aromatic rings. The number of hydrogen-bond acceptors (Lipinski definition) is 3. The number of hydrogen-bond donors (Lipinski definition) is 0. The molecular weight excluding hydrogens is 348 g/mol. The van der Waals surface area contributed by atoms with Crippen LogP contribution in [0, 0.1) is 5.92 Å². The van der Waals surface area contributed by atoms with Gasteiger partial charge in [-0.05, 0) is 36.5 Å². The number of rotatable bonds is 4. The molecule has 0 spiro atoms. The van der Waals surface area contributed by atoms with Gasteiger partial charge in [0.2, 0.25) is 0 Å². The standard InChI is InChI=1S/C23H26N4O/c1-25-11-10-20(24-25)16-26-14-18-13-19(15-26)22(12-17-6-3-2-4-7-17)27-21(18)8-5-9-23(27)28/h2-11,18-19,22H,12-16H2,1H3/t18-,19+,22+/m1/s1. The van der Waals surface area contributed by atoms with Crippen LogP contribution >= 0.6 is 0 Å². The maximum Gasteiger partial charge on any atom is 0.251 e. The molecule has 0 radical (unpaired) electrons. The van der Waals surface area contributed by atoms with E-state index in [1.807, 2.05) is 24.0 Å². The van der Waals surface area contributed by atoms with Crippen molar-refractivity contribution in [3.63, 3.8) is 0 Å². The quantitative estimate of drug-likeness (QED) is 0.705. The zero-order valence-corrected chi connectivity index (χ0v) is 16.2. The van der Waals surface area contributed by atoms with Gasteiger partial charge in [0.25, 0.3) is 5.56 Å². The molecule has 3 atom stereocenters. The Morgan fingerprint density at radius 2 is 1.89 bits per heavy atom. The van der Waals surface area contributed by atoms with Crippen LogP contribution in [-0.4, -0.2) is 32.3 Å². The molecule has 2 aliphatic heterocycles. The fourth-order valence-corrected chi connectivity index (χ4v) is 5.16. The normalized spacial score (nSPS) is 24.1. The molecule has 0 unspecified atom stereocenters. The number of fused-ring (bicyclic) bond motifs is 4. The highest BCUT2D eigenvalue weighted by atomic mass is 16.1. The second kappa shape index (κ2) is 7.06. The Morgan fingerprint density at radius 3 is 2.68 bits per heavy atom. The van der Waals surface area contributed by atoms with Crippen LogP contribution in [-0.2, 0) is 20.0 Å². The zero-order valence-electron chi connectivity index (χ0n) is 16.2. The monoisotopic (exact) mass is 374 g/mol. The van der Waals surface area contributed by atoms with Crippen molar-refractivity contribution in [2.45, 2.75) is 31.3 Å². The number of benzene rings is 1. The minimum Gasteiger partial charge on any atom is -0.309 e. The van der Waals surface area contributed by atoms with Crippen molar-refractivity contribution in [3.8, 4) is 0 Å². The van der Waals surface area contributed by atoms with E-state index < -0.39 is 0 Å². The van der Waals surface area contributed by atoms with Crippen LogP contribution in [0.3, 0.4) is 0 Å². The summed E-state index contributed by atoms with van der Waals surface area (Å²) >= 11 is 0. The third-order valence-corrected chi connectivity index (χ3v) is 6.32. The largest absolute Gasteiger partial charge is 0.309 e. The van der Waals surface area contributed by atoms with Gasteiger partial charge < -0.3 is 4.57 Å². The minimum atomic E-state index is 0.145. The van der Waals surface area contributed by atoms with E-state index in [0.717, 1.165) is 31.7 Å². The van der Waals surface area contributed by atoms with Gasteiger partial charge in [0.15, 0.2) is 0 Å². The van der Waals surface area contributed by atoms with Crippen LogP contribution in [0.4, 0.5) is 0 Å². The number of aryl methyl sites for hydroxylation is 1. The van der Waals surface area contributed by atoms with E-state index >= 15 is 0 Å². The molecule has 5 heteroatoms. The molecule has 5 rings (SSSR count). The summed E-state index contributed by atoms with van der Waals surface area (Å²) in [5, 5.41) is 4.56. The Kier molecular flexibility index (Phi) is 4.40. The van der Waals surface area contributed by atoms with Gasteiger partial charge in [-0.25, -0.2) is 0 Å². The van der Waals surface area contributed by atoms with Crippen molar-refractivity contribution in [1.29, 1.82) is 0 Å². The minimum absolute atomic E-state index is 0.145. The smallest absolute Gasteiger partial charge is 0.251 e. The van der Waals surface area contributed by atoms with Crippen LogP contribution in [0.15, 0.2) is 65.6 Å². The zero-order chi connectivity index (χ0) is 19.1. The average molecular weight is 374 g/mol. The lowest BCUT2D eigenvalue weighted by Crippen LogP contribution is -2.49. The van der Waals surface area contributed by atoms with Crippen LogP contribution in [0.25, 0.3) is 0 Å². The van der Waals surface area contributed by atoms with Crippen LogP contribution in [0.1, 0.15) is 35.3 Å². The number of likely N-dealkylation sites (tertiary alicyclic amines) is 1. The van der Waals surface area contributed by atoms with Crippen molar-refractivity contribution in [2.24, 2.45) is 13.0 Å². The molecule has 1 aromatic carbocycles. The second-order valence-corrected chi connectivity index (χ2v) is 8.28. The molecule has 2 aliphatic rings. The summed E-state index contributed by atoms with van der Waals surface area (Å²) in [5.41, 5.74) is 3.77. The van der Waals surface area contributed by atoms with Gasteiger partial charge in [-0.3, -0.25) is 14.4 Å². The molecular formula is C23H26N4O.